The molecule has 0 aliphatic carbocycles. The van der Waals surface area contributed by atoms with Gasteiger partial charge >= 0.3 is 0 Å². The summed E-state index contributed by atoms with van der Waals surface area (Å²) >= 11 is 1.73. The second kappa shape index (κ2) is 7.51. The molecule has 1 aliphatic rings. The van der Waals surface area contributed by atoms with Crippen LogP contribution >= 0.6 is 11.3 Å². The molecule has 0 unspecified atom stereocenters. The van der Waals surface area contributed by atoms with E-state index in [9.17, 15) is 0 Å². The lowest BCUT2D eigenvalue weighted by Gasteiger charge is -2.34. The number of nitrogens with zero attached hydrogens (tertiary/aromatic N) is 6. The molecule has 0 spiro atoms. The van der Waals surface area contributed by atoms with Gasteiger partial charge in [0.2, 0.25) is 5.95 Å². The zero-order valence-electron chi connectivity index (χ0n) is 15.1. The van der Waals surface area contributed by atoms with E-state index in [2.05, 4.69) is 48.9 Å². The number of anilines is 2. The van der Waals surface area contributed by atoms with Crippen molar-refractivity contribution in [2.75, 3.05) is 49.5 Å². The normalized spacial score (nSPS) is 15.5. The lowest BCUT2D eigenvalue weighted by atomic mass is 10.2. The Labute approximate surface area is 157 Å². The van der Waals surface area contributed by atoms with Gasteiger partial charge in [-0.1, -0.05) is 0 Å². The molecule has 0 atom stereocenters. The molecule has 0 saturated carbocycles. The first-order chi connectivity index (χ1) is 12.7. The van der Waals surface area contributed by atoms with Crippen LogP contribution in [0.25, 0.3) is 10.2 Å². The van der Waals surface area contributed by atoms with Crippen molar-refractivity contribution in [1.29, 1.82) is 0 Å². The van der Waals surface area contributed by atoms with Crippen molar-refractivity contribution in [3.8, 4) is 0 Å². The lowest BCUT2D eigenvalue weighted by Crippen LogP contribution is -2.48. The van der Waals surface area contributed by atoms with Crippen molar-refractivity contribution >= 4 is 33.3 Å². The minimum absolute atomic E-state index is 0.831. The van der Waals surface area contributed by atoms with Gasteiger partial charge in [-0.15, -0.1) is 11.3 Å². The highest BCUT2D eigenvalue weighted by Crippen LogP contribution is 2.32. The van der Waals surface area contributed by atoms with Crippen LogP contribution in [-0.2, 0) is 0 Å². The molecule has 4 rings (SSSR count). The Kier molecular flexibility index (Phi) is 4.94. The van der Waals surface area contributed by atoms with Crippen molar-refractivity contribution in [3.63, 3.8) is 0 Å². The fraction of sp³-hybridized carbons (Fsp3) is 0.444. The van der Waals surface area contributed by atoms with E-state index in [4.69, 9.17) is 0 Å². The summed E-state index contributed by atoms with van der Waals surface area (Å²) < 4.78 is 0. The van der Waals surface area contributed by atoms with Gasteiger partial charge in [-0.05, 0) is 25.5 Å². The quantitative estimate of drug-likeness (QED) is 0.740. The Morgan fingerprint density at radius 2 is 1.81 bits per heavy atom. The summed E-state index contributed by atoms with van der Waals surface area (Å²) in [6.07, 6.45) is 5.25. The molecule has 0 aromatic carbocycles. The third kappa shape index (κ3) is 3.47. The molecule has 7 nitrogen and oxygen atoms in total. The lowest BCUT2D eigenvalue weighted by molar-refractivity contribution is 0.266. The van der Waals surface area contributed by atoms with Crippen molar-refractivity contribution in [1.82, 2.24) is 24.8 Å². The number of piperazine rings is 1. The predicted molar refractivity (Wildman–Crippen MR) is 106 cm³/mol. The molecule has 3 aromatic rings. The maximum atomic E-state index is 4.46. The van der Waals surface area contributed by atoms with Crippen LogP contribution in [0, 0.1) is 13.8 Å². The molecule has 1 fully saturated rings. The highest BCUT2D eigenvalue weighted by atomic mass is 32.1. The van der Waals surface area contributed by atoms with Gasteiger partial charge in [0.05, 0.1) is 5.39 Å². The molecule has 26 heavy (non-hydrogen) atoms. The maximum Gasteiger partial charge on any atom is 0.225 e. The summed E-state index contributed by atoms with van der Waals surface area (Å²) in [5, 5.41) is 4.68. The number of aryl methyl sites for hydroxylation is 2. The van der Waals surface area contributed by atoms with Gasteiger partial charge in [0, 0.05) is 56.5 Å². The molecule has 4 heterocycles. The number of thiophene rings is 1. The van der Waals surface area contributed by atoms with Crippen molar-refractivity contribution in [2.24, 2.45) is 0 Å². The third-order valence-electron chi connectivity index (χ3n) is 4.89. The first-order valence-corrected chi connectivity index (χ1v) is 9.73. The summed E-state index contributed by atoms with van der Waals surface area (Å²) in [6.45, 7) is 10.1. The summed E-state index contributed by atoms with van der Waals surface area (Å²) in [6, 6.07) is 1.85. The minimum Gasteiger partial charge on any atom is -0.368 e. The predicted octanol–water partition coefficient (Wildman–Crippen LogP) is 2.33. The van der Waals surface area contributed by atoms with E-state index >= 15 is 0 Å². The van der Waals surface area contributed by atoms with Crippen LogP contribution in [-0.4, -0.2) is 64.1 Å². The molecular weight excluding hydrogens is 346 g/mol. The minimum atomic E-state index is 0.831. The summed E-state index contributed by atoms with van der Waals surface area (Å²) in [5.74, 6) is 1.78. The molecule has 8 heteroatoms. The maximum absolute atomic E-state index is 4.46. The van der Waals surface area contributed by atoms with E-state index in [1.807, 2.05) is 6.07 Å². The van der Waals surface area contributed by atoms with Gasteiger partial charge in [0.1, 0.15) is 17.0 Å². The van der Waals surface area contributed by atoms with Crippen molar-refractivity contribution in [3.05, 3.63) is 35.2 Å². The number of aromatic nitrogens is 4. The first-order valence-electron chi connectivity index (χ1n) is 8.91. The molecule has 136 valence electrons. The van der Waals surface area contributed by atoms with E-state index in [0.717, 1.165) is 55.9 Å². The van der Waals surface area contributed by atoms with Crippen LogP contribution in [0.2, 0.25) is 0 Å². The van der Waals surface area contributed by atoms with Crippen LogP contribution in [0.5, 0.6) is 0 Å². The van der Waals surface area contributed by atoms with E-state index in [-0.39, 0.29) is 0 Å². The Bertz CT molecular complexity index is 872. The number of rotatable bonds is 5. The molecule has 1 N–H and O–H groups in total. The van der Waals surface area contributed by atoms with Gasteiger partial charge in [0.25, 0.3) is 0 Å². The van der Waals surface area contributed by atoms with E-state index in [1.165, 1.54) is 15.8 Å². The zero-order valence-corrected chi connectivity index (χ0v) is 16.0. The van der Waals surface area contributed by atoms with Gasteiger partial charge in [-0.3, -0.25) is 4.90 Å². The van der Waals surface area contributed by atoms with Crippen LogP contribution in [0.4, 0.5) is 11.8 Å². The van der Waals surface area contributed by atoms with Crippen LogP contribution < -0.4 is 10.2 Å². The smallest absolute Gasteiger partial charge is 0.225 e. The zero-order chi connectivity index (χ0) is 17.9. The molecule has 3 aromatic heterocycles. The van der Waals surface area contributed by atoms with Gasteiger partial charge in [0.15, 0.2) is 0 Å². The van der Waals surface area contributed by atoms with Gasteiger partial charge < -0.3 is 10.2 Å². The second-order valence-electron chi connectivity index (χ2n) is 6.49. The molecule has 0 radical (unpaired) electrons. The monoisotopic (exact) mass is 369 g/mol. The van der Waals surface area contributed by atoms with E-state index < -0.39 is 0 Å². The topological polar surface area (TPSA) is 70.1 Å². The molecule has 0 amide bonds. The average Bonchev–Trinajstić information content (AvgIpc) is 2.98. The van der Waals surface area contributed by atoms with E-state index in [0.29, 0.717) is 0 Å². The Hall–Kier alpha value is -2.32. The van der Waals surface area contributed by atoms with Gasteiger partial charge in [-0.2, -0.15) is 0 Å². The van der Waals surface area contributed by atoms with Crippen LogP contribution in [0.1, 0.15) is 10.4 Å². The standard InChI is InChI=1S/C18H23N7S/c1-13-14(2)26-17-15(13)16(22-12-23-17)19-6-7-24-8-10-25(11-9-24)18-20-4-3-5-21-18/h3-5,12H,6-11H2,1-2H3,(H,19,22,23). The largest absolute Gasteiger partial charge is 0.368 e. The molecule has 1 saturated heterocycles. The van der Waals surface area contributed by atoms with Crippen molar-refractivity contribution < 1.29 is 0 Å². The SMILES string of the molecule is Cc1sc2ncnc(NCCN3CCN(c4ncccn4)CC3)c2c1C. The Morgan fingerprint density at radius 3 is 2.58 bits per heavy atom. The molecule has 1 aliphatic heterocycles. The van der Waals surface area contributed by atoms with E-state index in [1.54, 1.807) is 30.1 Å². The molecular formula is C18H23N7S. The second-order valence-corrected chi connectivity index (χ2v) is 7.69. The Balaban J connectivity index is 1.31. The van der Waals surface area contributed by atoms with Crippen LogP contribution in [0.15, 0.2) is 24.8 Å². The highest BCUT2D eigenvalue weighted by Gasteiger charge is 2.18. The number of hydrogen-bond acceptors (Lipinski definition) is 8. The van der Waals surface area contributed by atoms with Gasteiger partial charge in [-0.25, -0.2) is 19.9 Å². The first kappa shape index (κ1) is 17.1. The average molecular weight is 369 g/mol. The van der Waals surface area contributed by atoms with Crippen molar-refractivity contribution in [2.45, 2.75) is 13.8 Å². The number of fused-ring (bicyclic) bond motifs is 1. The summed E-state index contributed by atoms with van der Waals surface area (Å²) in [4.78, 5) is 24.6. The molecule has 0 bridgehead atoms. The summed E-state index contributed by atoms with van der Waals surface area (Å²) in [5.41, 5.74) is 1.28. The third-order valence-corrected chi connectivity index (χ3v) is 6.01. The summed E-state index contributed by atoms with van der Waals surface area (Å²) in [7, 11) is 0. The highest BCUT2D eigenvalue weighted by molar-refractivity contribution is 7.18. The Morgan fingerprint density at radius 1 is 1.04 bits per heavy atom. The fourth-order valence-corrected chi connectivity index (χ4v) is 4.27. The number of nitrogens with one attached hydrogen (secondary N) is 1. The number of hydrogen-bond donors (Lipinski definition) is 1. The fourth-order valence-electron chi connectivity index (χ4n) is 3.27. The van der Waals surface area contributed by atoms with Crippen LogP contribution in [0.3, 0.4) is 0 Å².